The molecule has 2 aromatic rings. The molecule has 1 heterocycles. The monoisotopic (exact) mass is 369 g/mol. The number of hydrogen-bond donors (Lipinski definition) is 3. The summed E-state index contributed by atoms with van der Waals surface area (Å²) in [6, 6.07) is 13.1. The lowest BCUT2D eigenvalue weighted by Crippen LogP contribution is -2.37. The minimum atomic E-state index is -0.379. The Bertz CT molecular complexity index is 845. The molecular formula is C20H23N3O2S. The van der Waals surface area contributed by atoms with Gasteiger partial charge >= 0.3 is 0 Å². The molecule has 0 bridgehead atoms. The average molecular weight is 369 g/mol. The minimum absolute atomic E-state index is 0.177. The van der Waals surface area contributed by atoms with Crippen LogP contribution in [0, 0.1) is 0 Å². The lowest BCUT2D eigenvalue weighted by molar-refractivity contribution is 0.111. The third-order valence-corrected chi connectivity index (χ3v) is 4.36. The number of aromatic hydroxyl groups is 1. The second kappa shape index (κ2) is 7.33. The molecule has 0 radical (unpaired) electrons. The number of hydrogen-bond acceptors (Lipinski definition) is 4. The van der Waals surface area contributed by atoms with Crippen LogP contribution in [-0.4, -0.2) is 21.5 Å². The molecule has 0 aliphatic carbocycles. The first kappa shape index (κ1) is 18.2. The molecule has 0 spiro atoms. The fraction of sp³-hybridized carbons (Fsp3) is 0.300. The molecule has 0 unspecified atom stereocenters. The maximum absolute atomic E-state index is 9.78. The third kappa shape index (κ3) is 4.32. The van der Waals surface area contributed by atoms with Crippen LogP contribution in [0.25, 0.3) is 0 Å². The van der Waals surface area contributed by atoms with Crippen LogP contribution in [-0.2, 0) is 6.42 Å². The van der Waals surface area contributed by atoms with Crippen molar-refractivity contribution in [1.82, 2.24) is 5.43 Å². The van der Waals surface area contributed by atoms with Crippen molar-refractivity contribution in [3.8, 4) is 11.5 Å². The lowest BCUT2D eigenvalue weighted by atomic mass is 9.92. The van der Waals surface area contributed by atoms with Gasteiger partial charge in [-0.25, -0.2) is 0 Å². The van der Waals surface area contributed by atoms with E-state index in [2.05, 4.69) is 34.9 Å². The molecule has 0 atom stereocenters. The van der Waals surface area contributed by atoms with Crippen molar-refractivity contribution in [3.05, 3.63) is 53.6 Å². The highest BCUT2D eigenvalue weighted by molar-refractivity contribution is 7.80. The zero-order valence-corrected chi connectivity index (χ0v) is 16.0. The van der Waals surface area contributed by atoms with Crippen molar-refractivity contribution in [2.45, 2.75) is 39.2 Å². The van der Waals surface area contributed by atoms with Crippen molar-refractivity contribution in [1.29, 1.82) is 0 Å². The van der Waals surface area contributed by atoms with E-state index < -0.39 is 0 Å². The van der Waals surface area contributed by atoms with E-state index in [-0.39, 0.29) is 11.4 Å². The van der Waals surface area contributed by atoms with Gasteiger partial charge in [-0.15, -0.1) is 0 Å². The Balaban J connectivity index is 1.74. The lowest BCUT2D eigenvalue weighted by Gasteiger charge is -2.33. The number of phenols is 1. The smallest absolute Gasteiger partial charge is 0.191 e. The number of anilines is 1. The predicted octanol–water partition coefficient (Wildman–Crippen LogP) is 4.21. The van der Waals surface area contributed by atoms with Gasteiger partial charge in [-0.05, 0) is 68.4 Å². The van der Waals surface area contributed by atoms with E-state index >= 15 is 0 Å². The third-order valence-electron chi connectivity index (χ3n) is 4.17. The van der Waals surface area contributed by atoms with Crippen molar-refractivity contribution in [3.63, 3.8) is 0 Å². The molecule has 26 heavy (non-hydrogen) atoms. The van der Waals surface area contributed by atoms with Gasteiger partial charge in [-0.2, -0.15) is 5.10 Å². The van der Waals surface area contributed by atoms with Crippen molar-refractivity contribution in [2.24, 2.45) is 5.10 Å². The predicted molar refractivity (Wildman–Crippen MR) is 109 cm³/mol. The SMILES string of the molecule is CCc1ccc(NC(=S)N/N=C2/CC(C)(C)Oc3ccc(O)cc32)cc1. The molecule has 5 nitrogen and oxygen atoms in total. The Morgan fingerprint density at radius 3 is 2.65 bits per heavy atom. The summed E-state index contributed by atoms with van der Waals surface area (Å²) in [7, 11) is 0. The standard InChI is InChI=1S/C20H23N3O2S/c1-4-13-5-7-14(8-6-13)21-19(26)23-22-17-12-20(2,3)25-18-10-9-15(24)11-16(17)18/h5-11,24H,4,12H2,1-3H3,(H2,21,23,26)/b22-17-. The van der Waals surface area contributed by atoms with Crippen LogP contribution in [0.4, 0.5) is 5.69 Å². The molecule has 3 N–H and O–H groups in total. The zero-order chi connectivity index (χ0) is 18.7. The number of benzene rings is 2. The van der Waals surface area contributed by atoms with Crippen LogP contribution in [0.15, 0.2) is 47.6 Å². The van der Waals surface area contributed by atoms with Gasteiger partial charge in [0.2, 0.25) is 0 Å². The first-order chi connectivity index (χ1) is 12.4. The van der Waals surface area contributed by atoms with Gasteiger partial charge in [0.15, 0.2) is 5.11 Å². The number of nitrogens with zero attached hydrogens (tertiary/aromatic N) is 1. The minimum Gasteiger partial charge on any atom is -0.508 e. The molecule has 0 saturated carbocycles. The van der Waals surface area contributed by atoms with Crippen LogP contribution in [0.1, 0.15) is 38.3 Å². The molecule has 0 aromatic heterocycles. The highest BCUT2D eigenvalue weighted by Gasteiger charge is 2.31. The van der Waals surface area contributed by atoms with Gasteiger partial charge in [0.1, 0.15) is 17.1 Å². The fourth-order valence-electron chi connectivity index (χ4n) is 2.87. The van der Waals surface area contributed by atoms with Crippen molar-refractivity contribution in [2.75, 3.05) is 5.32 Å². The van der Waals surface area contributed by atoms with Crippen LogP contribution < -0.4 is 15.5 Å². The van der Waals surface area contributed by atoms with Crippen LogP contribution in [0.3, 0.4) is 0 Å². The van der Waals surface area contributed by atoms with Crippen LogP contribution in [0.2, 0.25) is 0 Å². The zero-order valence-electron chi connectivity index (χ0n) is 15.2. The summed E-state index contributed by atoms with van der Waals surface area (Å²) in [4.78, 5) is 0. The highest BCUT2D eigenvalue weighted by atomic mass is 32.1. The number of thiocarbonyl (C=S) groups is 1. The maximum atomic E-state index is 9.78. The number of fused-ring (bicyclic) bond motifs is 1. The molecule has 6 heteroatoms. The second-order valence-corrected chi connectivity index (χ2v) is 7.30. The van der Waals surface area contributed by atoms with Gasteiger partial charge < -0.3 is 15.2 Å². The van der Waals surface area contributed by atoms with E-state index in [1.807, 2.05) is 26.0 Å². The fourth-order valence-corrected chi connectivity index (χ4v) is 3.03. The Kier molecular flexibility index (Phi) is 5.13. The van der Waals surface area contributed by atoms with E-state index in [4.69, 9.17) is 17.0 Å². The van der Waals surface area contributed by atoms with Gasteiger partial charge in [-0.1, -0.05) is 19.1 Å². The van der Waals surface area contributed by atoms with Crippen LogP contribution in [0.5, 0.6) is 11.5 Å². The quantitative estimate of drug-likeness (QED) is 0.559. The largest absolute Gasteiger partial charge is 0.508 e. The van der Waals surface area contributed by atoms with E-state index in [1.165, 1.54) is 5.56 Å². The van der Waals surface area contributed by atoms with E-state index in [0.717, 1.165) is 23.4 Å². The number of nitrogens with one attached hydrogen (secondary N) is 2. The Morgan fingerprint density at radius 1 is 1.23 bits per heavy atom. The van der Waals surface area contributed by atoms with E-state index in [1.54, 1.807) is 18.2 Å². The maximum Gasteiger partial charge on any atom is 0.191 e. The summed E-state index contributed by atoms with van der Waals surface area (Å²) >= 11 is 5.34. The number of hydrazone groups is 1. The molecule has 3 rings (SSSR count). The summed E-state index contributed by atoms with van der Waals surface area (Å²) in [5.41, 5.74) is 6.26. The molecule has 136 valence electrons. The Hall–Kier alpha value is -2.60. The van der Waals surface area contributed by atoms with Gasteiger partial charge in [0, 0.05) is 17.7 Å². The van der Waals surface area contributed by atoms with Gasteiger partial charge in [0.05, 0.1) is 5.71 Å². The molecule has 0 fully saturated rings. The Labute approximate surface area is 159 Å². The summed E-state index contributed by atoms with van der Waals surface area (Å²) in [6.07, 6.45) is 1.60. The number of ether oxygens (including phenoxy) is 1. The summed E-state index contributed by atoms with van der Waals surface area (Å²) in [5, 5.41) is 17.8. The van der Waals surface area contributed by atoms with Crippen LogP contribution >= 0.6 is 12.2 Å². The van der Waals surface area contributed by atoms with Gasteiger partial charge in [0.25, 0.3) is 0 Å². The normalized spacial score (nSPS) is 16.5. The number of rotatable bonds is 3. The average Bonchev–Trinajstić information content (AvgIpc) is 2.60. The highest BCUT2D eigenvalue weighted by Crippen LogP contribution is 2.35. The summed E-state index contributed by atoms with van der Waals surface area (Å²) < 4.78 is 5.96. The number of phenolic OH excluding ortho intramolecular Hbond substituents is 1. The number of aryl methyl sites for hydroxylation is 1. The molecule has 0 saturated heterocycles. The summed E-state index contributed by atoms with van der Waals surface area (Å²) in [6.45, 7) is 6.13. The van der Waals surface area contributed by atoms with E-state index in [0.29, 0.717) is 17.3 Å². The molecule has 0 amide bonds. The topological polar surface area (TPSA) is 65.9 Å². The molecular weight excluding hydrogens is 346 g/mol. The van der Waals surface area contributed by atoms with Crippen molar-refractivity contribution < 1.29 is 9.84 Å². The molecule has 2 aromatic carbocycles. The van der Waals surface area contributed by atoms with Gasteiger partial charge in [-0.3, -0.25) is 5.43 Å². The van der Waals surface area contributed by atoms with Crippen molar-refractivity contribution >= 4 is 28.7 Å². The second-order valence-electron chi connectivity index (χ2n) is 6.89. The van der Waals surface area contributed by atoms with E-state index in [9.17, 15) is 5.11 Å². The summed E-state index contributed by atoms with van der Waals surface area (Å²) in [5.74, 6) is 0.880. The molecule has 1 aliphatic rings. The first-order valence-corrected chi connectivity index (χ1v) is 9.02. The first-order valence-electron chi connectivity index (χ1n) is 8.61. The Morgan fingerprint density at radius 2 is 1.96 bits per heavy atom. The molecule has 1 aliphatic heterocycles.